The normalized spacial score (nSPS) is 18.5. The van der Waals surface area contributed by atoms with Crippen molar-refractivity contribution in [3.8, 4) is 0 Å². The topological polar surface area (TPSA) is 58.4 Å². The summed E-state index contributed by atoms with van der Waals surface area (Å²) in [4.78, 5) is 14.2. The van der Waals surface area contributed by atoms with Crippen molar-refractivity contribution in [3.63, 3.8) is 0 Å². The van der Waals surface area contributed by atoms with Gasteiger partial charge in [-0.25, -0.2) is 0 Å². The summed E-state index contributed by atoms with van der Waals surface area (Å²) in [6.45, 7) is 4.08. The van der Waals surface area contributed by atoms with Gasteiger partial charge in [0.25, 0.3) is 0 Å². The number of benzene rings is 1. The van der Waals surface area contributed by atoms with E-state index in [1.54, 1.807) is 12.1 Å². The van der Waals surface area contributed by atoms with Crippen molar-refractivity contribution in [1.82, 2.24) is 10.2 Å². The molecule has 6 heteroatoms. The van der Waals surface area contributed by atoms with E-state index in [1.807, 2.05) is 13.0 Å². The van der Waals surface area contributed by atoms with Crippen LogP contribution in [0.4, 0.5) is 0 Å². The van der Waals surface area contributed by atoms with E-state index >= 15 is 0 Å². The Balaban J connectivity index is 1.87. The average Bonchev–Trinajstić information content (AvgIpc) is 2.41. The Kier molecular flexibility index (Phi) is 5.88. The average molecular weight is 330 g/mol. The number of nitrogens with zero attached hydrogens (tertiary/aromatic N) is 1. The van der Waals surface area contributed by atoms with Crippen molar-refractivity contribution in [2.24, 2.45) is 5.73 Å². The van der Waals surface area contributed by atoms with Crippen LogP contribution in [0.5, 0.6) is 0 Å². The van der Waals surface area contributed by atoms with Crippen molar-refractivity contribution in [1.29, 1.82) is 0 Å². The molecule has 1 amide bonds. The molecule has 1 aliphatic rings. The molecular weight excluding hydrogens is 309 g/mol. The first-order chi connectivity index (χ1) is 9.95. The Hall–Kier alpha value is -0.810. The third-order valence-electron chi connectivity index (χ3n) is 3.81. The molecule has 116 valence electrons. The molecule has 4 nitrogen and oxygen atoms in total. The minimum Gasteiger partial charge on any atom is -0.348 e. The molecule has 1 aliphatic heterocycles. The molecule has 1 atom stereocenters. The lowest BCUT2D eigenvalue weighted by molar-refractivity contribution is -0.123. The monoisotopic (exact) mass is 329 g/mol. The molecule has 0 bridgehead atoms. The summed E-state index contributed by atoms with van der Waals surface area (Å²) in [6, 6.07) is 5.44. The first-order valence-electron chi connectivity index (χ1n) is 7.18. The Morgan fingerprint density at radius 3 is 2.71 bits per heavy atom. The molecule has 2 rings (SSSR count). The Bertz CT molecular complexity index is 502. The van der Waals surface area contributed by atoms with Crippen molar-refractivity contribution in [2.45, 2.75) is 31.8 Å². The van der Waals surface area contributed by atoms with Crippen LogP contribution in [0.2, 0.25) is 10.0 Å². The van der Waals surface area contributed by atoms with Gasteiger partial charge in [0.1, 0.15) is 0 Å². The Morgan fingerprint density at radius 2 is 2.10 bits per heavy atom. The smallest absolute Gasteiger partial charge is 0.234 e. The van der Waals surface area contributed by atoms with Crippen LogP contribution in [0, 0.1) is 0 Å². The van der Waals surface area contributed by atoms with E-state index in [-0.39, 0.29) is 18.0 Å². The number of piperidine rings is 1. The largest absolute Gasteiger partial charge is 0.348 e. The van der Waals surface area contributed by atoms with Gasteiger partial charge < -0.3 is 11.1 Å². The van der Waals surface area contributed by atoms with Crippen molar-refractivity contribution in [2.75, 3.05) is 19.6 Å². The number of halogens is 2. The number of likely N-dealkylation sites (tertiary alicyclic amines) is 1. The van der Waals surface area contributed by atoms with Gasteiger partial charge in [0.2, 0.25) is 5.91 Å². The van der Waals surface area contributed by atoms with Gasteiger partial charge in [-0.1, -0.05) is 29.3 Å². The second-order valence-electron chi connectivity index (χ2n) is 5.57. The molecule has 0 saturated carbocycles. The summed E-state index contributed by atoms with van der Waals surface area (Å²) in [5, 5.41) is 4.13. The van der Waals surface area contributed by atoms with Crippen LogP contribution in [-0.4, -0.2) is 36.5 Å². The zero-order chi connectivity index (χ0) is 15.4. The molecule has 0 aromatic heterocycles. The highest BCUT2D eigenvalue weighted by atomic mass is 35.5. The van der Waals surface area contributed by atoms with Gasteiger partial charge in [-0.2, -0.15) is 0 Å². The predicted molar refractivity (Wildman–Crippen MR) is 86.7 cm³/mol. The van der Waals surface area contributed by atoms with Gasteiger partial charge in [-0.05, 0) is 37.5 Å². The standard InChI is InChI=1S/C15H21Cl2N3O/c1-10(13-3-2-11(16)8-14(13)17)19-15(21)9-20-6-4-12(18)5-7-20/h2-3,8,10,12H,4-7,9,18H2,1H3,(H,19,21). The van der Waals surface area contributed by atoms with Gasteiger partial charge in [-0.15, -0.1) is 0 Å². The van der Waals surface area contributed by atoms with Gasteiger partial charge >= 0.3 is 0 Å². The molecular formula is C15H21Cl2N3O. The third kappa shape index (κ3) is 4.85. The maximum absolute atomic E-state index is 12.1. The molecule has 0 aliphatic carbocycles. The van der Waals surface area contributed by atoms with Crippen LogP contribution >= 0.6 is 23.2 Å². The SMILES string of the molecule is CC(NC(=O)CN1CCC(N)CC1)c1ccc(Cl)cc1Cl. The second-order valence-corrected chi connectivity index (χ2v) is 6.41. The second kappa shape index (κ2) is 7.45. The number of carbonyl (C=O) groups excluding carboxylic acids is 1. The number of rotatable bonds is 4. The van der Waals surface area contributed by atoms with Crippen LogP contribution < -0.4 is 11.1 Å². The lowest BCUT2D eigenvalue weighted by Gasteiger charge is -2.29. The number of nitrogens with two attached hydrogens (primary N) is 1. The van der Waals surface area contributed by atoms with Gasteiger partial charge in [0.15, 0.2) is 0 Å². The van der Waals surface area contributed by atoms with Crippen LogP contribution in [0.1, 0.15) is 31.4 Å². The first-order valence-corrected chi connectivity index (χ1v) is 7.93. The Morgan fingerprint density at radius 1 is 1.43 bits per heavy atom. The van der Waals surface area contributed by atoms with E-state index in [2.05, 4.69) is 10.2 Å². The molecule has 1 heterocycles. The van der Waals surface area contributed by atoms with Crippen LogP contribution in [-0.2, 0) is 4.79 Å². The summed E-state index contributed by atoms with van der Waals surface area (Å²) >= 11 is 12.0. The number of carbonyl (C=O) groups is 1. The van der Waals surface area contributed by atoms with Gasteiger partial charge in [0.05, 0.1) is 12.6 Å². The quantitative estimate of drug-likeness (QED) is 0.892. The maximum atomic E-state index is 12.1. The lowest BCUT2D eigenvalue weighted by Crippen LogP contribution is -2.44. The van der Waals surface area contributed by atoms with E-state index < -0.39 is 0 Å². The fourth-order valence-corrected chi connectivity index (χ4v) is 3.10. The van der Waals surface area contributed by atoms with Gasteiger partial charge in [0, 0.05) is 29.2 Å². The summed E-state index contributed by atoms with van der Waals surface area (Å²) in [6.07, 6.45) is 1.90. The van der Waals surface area contributed by atoms with E-state index in [0.29, 0.717) is 16.6 Å². The first kappa shape index (κ1) is 16.6. The molecule has 1 saturated heterocycles. The summed E-state index contributed by atoms with van der Waals surface area (Å²) in [7, 11) is 0. The molecule has 1 unspecified atom stereocenters. The van der Waals surface area contributed by atoms with Crippen molar-refractivity contribution in [3.05, 3.63) is 33.8 Å². The third-order valence-corrected chi connectivity index (χ3v) is 4.37. The minimum atomic E-state index is -0.144. The van der Waals surface area contributed by atoms with Gasteiger partial charge in [-0.3, -0.25) is 9.69 Å². The molecule has 1 fully saturated rings. The molecule has 0 radical (unpaired) electrons. The molecule has 3 N–H and O–H groups in total. The van der Waals surface area contributed by atoms with Crippen molar-refractivity contribution >= 4 is 29.1 Å². The number of hydrogen-bond acceptors (Lipinski definition) is 3. The molecule has 1 aromatic carbocycles. The highest BCUT2D eigenvalue weighted by Crippen LogP contribution is 2.26. The fourth-order valence-electron chi connectivity index (χ4n) is 2.53. The minimum absolute atomic E-state index is 0.00369. The molecule has 1 aromatic rings. The summed E-state index contributed by atoms with van der Waals surface area (Å²) in [5.41, 5.74) is 6.73. The zero-order valence-corrected chi connectivity index (χ0v) is 13.6. The number of amides is 1. The molecule has 21 heavy (non-hydrogen) atoms. The lowest BCUT2D eigenvalue weighted by atomic mass is 10.1. The van der Waals surface area contributed by atoms with E-state index in [0.717, 1.165) is 31.5 Å². The highest BCUT2D eigenvalue weighted by molar-refractivity contribution is 6.35. The fraction of sp³-hybridized carbons (Fsp3) is 0.533. The van der Waals surface area contributed by atoms with E-state index in [9.17, 15) is 4.79 Å². The maximum Gasteiger partial charge on any atom is 0.234 e. The summed E-state index contributed by atoms with van der Waals surface area (Å²) in [5.74, 6) is 0.00369. The number of nitrogens with one attached hydrogen (secondary N) is 1. The summed E-state index contributed by atoms with van der Waals surface area (Å²) < 4.78 is 0. The number of hydrogen-bond donors (Lipinski definition) is 2. The zero-order valence-electron chi connectivity index (χ0n) is 12.1. The van der Waals surface area contributed by atoms with E-state index in [4.69, 9.17) is 28.9 Å². The Labute approximate surface area is 135 Å². The predicted octanol–water partition coefficient (Wildman–Crippen LogP) is 2.59. The van der Waals surface area contributed by atoms with Crippen molar-refractivity contribution < 1.29 is 4.79 Å². The van der Waals surface area contributed by atoms with Crippen LogP contribution in [0.15, 0.2) is 18.2 Å². The van der Waals surface area contributed by atoms with Crippen LogP contribution in [0.3, 0.4) is 0 Å². The van der Waals surface area contributed by atoms with E-state index in [1.165, 1.54) is 0 Å². The van der Waals surface area contributed by atoms with Crippen LogP contribution in [0.25, 0.3) is 0 Å². The molecule has 0 spiro atoms. The highest BCUT2D eigenvalue weighted by Gasteiger charge is 2.19.